The van der Waals surface area contributed by atoms with E-state index in [1.807, 2.05) is 12.1 Å². The Kier molecular flexibility index (Phi) is 7.76. The van der Waals surface area contributed by atoms with Crippen molar-refractivity contribution in [1.82, 2.24) is 15.5 Å². The number of thiophene rings is 1. The summed E-state index contributed by atoms with van der Waals surface area (Å²) in [6.07, 6.45) is 3.17. The first-order valence-electron chi connectivity index (χ1n) is 10.8. The van der Waals surface area contributed by atoms with Crippen LogP contribution in [-0.2, 0) is 26.1 Å². The van der Waals surface area contributed by atoms with E-state index < -0.39 is 0 Å². The lowest BCUT2D eigenvalue weighted by molar-refractivity contribution is 0.174. The topological polar surface area (TPSA) is 73.0 Å². The maximum absolute atomic E-state index is 9.83. The van der Waals surface area contributed by atoms with Crippen LogP contribution in [0.2, 0.25) is 0 Å². The van der Waals surface area contributed by atoms with E-state index in [-0.39, 0.29) is 6.10 Å². The Morgan fingerprint density at radius 3 is 2.77 bits per heavy atom. The summed E-state index contributed by atoms with van der Waals surface area (Å²) in [6.45, 7) is 4.65. The van der Waals surface area contributed by atoms with E-state index in [0.717, 1.165) is 57.3 Å². The lowest BCUT2D eigenvalue weighted by Crippen LogP contribution is -2.38. The van der Waals surface area contributed by atoms with Gasteiger partial charge in [0, 0.05) is 37.5 Å². The number of nitrogens with zero attached hydrogens (tertiary/aromatic N) is 2. The zero-order valence-electron chi connectivity index (χ0n) is 17.7. The van der Waals surface area contributed by atoms with Gasteiger partial charge in [0.15, 0.2) is 5.96 Å². The number of rotatable bonds is 9. The molecule has 4 rings (SSSR count). The molecule has 1 fully saturated rings. The Bertz CT molecular complexity index is 940. The number of benzene rings is 1. The van der Waals surface area contributed by atoms with E-state index in [0.29, 0.717) is 6.54 Å². The summed E-state index contributed by atoms with van der Waals surface area (Å²) in [7, 11) is 0. The smallest absolute Gasteiger partial charge is 0.191 e. The standard InChI is InChI=1S/C24H30N4O2S/c29-21-10-12-28(18-21)17-20-6-2-1-5-19(20)15-26-24(27-16-23-8-4-14-31-23)25-11-9-22-7-3-13-30-22/h1-8,13-14,21,29H,9-12,15-18H2,(H2,25,26,27). The summed E-state index contributed by atoms with van der Waals surface area (Å²) in [5.74, 6) is 1.76. The molecule has 0 bridgehead atoms. The molecule has 164 valence electrons. The number of β-amino-alcohol motifs (C(OH)–C–C–N with tert-alkyl or cyclic N) is 1. The molecule has 1 aromatic carbocycles. The number of hydrogen-bond acceptors (Lipinski definition) is 5. The van der Waals surface area contributed by atoms with E-state index in [9.17, 15) is 5.11 Å². The van der Waals surface area contributed by atoms with Crippen molar-refractivity contribution >= 4 is 17.3 Å². The normalized spacial score (nSPS) is 17.2. The summed E-state index contributed by atoms with van der Waals surface area (Å²) in [4.78, 5) is 8.45. The van der Waals surface area contributed by atoms with Gasteiger partial charge in [0.05, 0.1) is 25.5 Å². The Balaban J connectivity index is 1.39. The van der Waals surface area contributed by atoms with Crippen molar-refractivity contribution in [2.75, 3.05) is 19.6 Å². The van der Waals surface area contributed by atoms with Crippen molar-refractivity contribution < 1.29 is 9.52 Å². The van der Waals surface area contributed by atoms with Crippen LogP contribution in [0.25, 0.3) is 0 Å². The van der Waals surface area contributed by atoms with Gasteiger partial charge in [0.1, 0.15) is 5.76 Å². The molecule has 0 amide bonds. The molecule has 1 aliphatic rings. The Labute approximate surface area is 187 Å². The van der Waals surface area contributed by atoms with Crippen LogP contribution < -0.4 is 10.6 Å². The van der Waals surface area contributed by atoms with Crippen LogP contribution in [0.4, 0.5) is 0 Å². The molecule has 31 heavy (non-hydrogen) atoms. The molecule has 3 N–H and O–H groups in total. The fraction of sp³-hybridized carbons (Fsp3) is 0.375. The molecule has 1 unspecified atom stereocenters. The molecule has 7 heteroatoms. The van der Waals surface area contributed by atoms with E-state index in [1.165, 1.54) is 16.0 Å². The number of aliphatic hydroxyl groups excluding tert-OH is 1. The predicted octanol–water partition coefficient (Wildman–Crippen LogP) is 3.39. The lowest BCUT2D eigenvalue weighted by atomic mass is 10.1. The third-order valence-corrected chi connectivity index (χ3v) is 6.30. The molecule has 2 aromatic heterocycles. The zero-order valence-corrected chi connectivity index (χ0v) is 18.5. The van der Waals surface area contributed by atoms with Gasteiger partial charge in [-0.05, 0) is 41.1 Å². The molecule has 1 saturated heterocycles. The Morgan fingerprint density at radius 2 is 2.03 bits per heavy atom. The van der Waals surface area contributed by atoms with Gasteiger partial charge in [0.2, 0.25) is 0 Å². The molecule has 0 saturated carbocycles. The summed E-state index contributed by atoms with van der Waals surface area (Å²) in [5.41, 5.74) is 2.49. The number of aliphatic hydroxyl groups is 1. The van der Waals surface area contributed by atoms with Crippen molar-refractivity contribution in [3.05, 3.63) is 81.9 Å². The van der Waals surface area contributed by atoms with Gasteiger partial charge in [0.25, 0.3) is 0 Å². The molecule has 1 atom stereocenters. The maximum Gasteiger partial charge on any atom is 0.191 e. The van der Waals surface area contributed by atoms with Crippen molar-refractivity contribution in [2.45, 2.75) is 38.6 Å². The number of hydrogen-bond donors (Lipinski definition) is 3. The second-order valence-electron chi connectivity index (χ2n) is 7.80. The molecule has 3 heterocycles. The summed E-state index contributed by atoms with van der Waals surface area (Å²) < 4.78 is 5.43. The second kappa shape index (κ2) is 11.1. The highest BCUT2D eigenvalue weighted by Gasteiger charge is 2.20. The van der Waals surface area contributed by atoms with Crippen molar-refractivity contribution in [1.29, 1.82) is 0 Å². The number of aliphatic imine (C=N–C) groups is 1. The second-order valence-corrected chi connectivity index (χ2v) is 8.83. The third kappa shape index (κ3) is 6.69. The van der Waals surface area contributed by atoms with Crippen molar-refractivity contribution in [3.8, 4) is 0 Å². The molecule has 3 aromatic rings. The molecular formula is C24H30N4O2S. The van der Waals surface area contributed by atoms with Crippen LogP contribution in [0.15, 0.2) is 69.6 Å². The largest absolute Gasteiger partial charge is 0.469 e. The minimum Gasteiger partial charge on any atom is -0.469 e. The van der Waals surface area contributed by atoms with Crippen LogP contribution in [0.1, 0.15) is 28.2 Å². The van der Waals surface area contributed by atoms with Gasteiger partial charge < -0.3 is 20.2 Å². The first-order valence-corrected chi connectivity index (χ1v) is 11.7. The molecule has 0 spiro atoms. The van der Waals surface area contributed by atoms with Gasteiger partial charge >= 0.3 is 0 Å². The van der Waals surface area contributed by atoms with Gasteiger partial charge in [-0.25, -0.2) is 4.99 Å². The number of furan rings is 1. The Morgan fingerprint density at radius 1 is 1.13 bits per heavy atom. The highest BCUT2D eigenvalue weighted by molar-refractivity contribution is 7.09. The van der Waals surface area contributed by atoms with Gasteiger partial charge in [-0.15, -0.1) is 11.3 Å². The molecule has 0 aliphatic carbocycles. The minimum absolute atomic E-state index is 0.198. The summed E-state index contributed by atoms with van der Waals surface area (Å²) in [6, 6.07) is 16.5. The minimum atomic E-state index is -0.198. The van der Waals surface area contributed by atoms with E-state index >= 15 is 0 Å². The quantitative estimate of drug-likeness (QED) is 0.353. The van der Waals surface area contributed by atoms with Gasteiger partial charge in [-0.2, -0.15) is 0 Å². The monoisotopic (exact) mass is 438 g/mol. The molecule has 6 nitrogen and oxygen atoms in total. The van der Waals surface area contributed by atoms with Crippen LogP contribution in [0.5, 0.6) is 0 Å². The van der Waals surface area contributed by atoms with Crippen molar-refractivity contribution in [3.63, 3.8) is 0 Å². The van der Waals surface area contributed by atoms with E-state index in [2.05, 4.69) is 57.3 Å². The fourth-order valence-corrected chi connectivity index (χ4v) is 4.39. The average Bonchev–Trinajstić information content (AvgIpc) is 3.54. The van der Waals surface area contributed by atoms with Crippen LogP contribution in [0, 0.1) is 0 Å². The fourth-order valence-electron chi connectivity index (χ4n) is 3.74. The summed E-state index contributed by atoms with van der Waals surface area (Å²) >= 11 is 1.74. The van der Waals surface area contributed by atoms with Crippen LogP contribution in [0.3, 0.4) is 0 Å². The van der Waals surface area contributed by atoms with Gasteiger partial charge in [-0.3, -0.25) is 4.90 Å². The maximum atomic E-state index is 9.83. The Hall–Kier alpha value is -2.61. The molecule has 1 aliphatic heterocycles. The van der Waals surface area contributed by atoms with Crippen molar-refractivity contribution in [2.24, 2.45) is 4.99 Å². The van der Waals surface area contributed by atoms with Gasteiger partial charge in [-0.1, -0.05) is 30.3 Å². The SMILES string of the molecule is OC1CCN(Cc2ccccc2CN=C(NCCc2ccco2)NCc2cccs2)C1. The number of guanidine groups is 1. The number of nitrogens with one attached hydrogen (secondary N) is 2. The highest BCUT2D eigenvalue weighted by Crippen LogP contribution is 2.17. The van der Waals surface area contributed by atoms with Crippen LogP contribution in [-0.4, -0.2) is 41.7 Å². The van der Waals surface area contributed by atoms with E-state index in [1.54, 1.807) is 17.6 Å². The average molecular weight is 439 g/mol. The number of likely N-dealkylation sites (tertiary alicyclic amines) is 1. The highest BCUT2D eigenvalue weighted by atomic mass is 32.1. The predicted molar refractivity (Wildman–Crippen MR) is 125 cm³/mol. The molecule has 0 radical (unpaired) electrons. The summed E-state index contributed by atoms with van der Waals surface area (Å²) in [5, 5.41) is 18.8. The third-order valence-electron chi connectivity index (χ3n) is 5.42. The molecular weight excluding hydrogens is 408 g/mol. The lowest BCUT2D eigenvalue weighted by Gasteiger charge is -2.17. The first kappa shape index (κ1) is 21.6. The zero-order chi connectivity index (χ0) is 21.3. The first-order chi connectivity index (χ1) is 15.3. The van der Waals surface area contributed by atoms with E-state index in [4.69, 9.17) is 9.41 Å². The van der Waals surface area contributed by atoms with Crippen LogP contribution >= 0.6 is 11.3 Å².